The zero-order valence-electron chi connectivity index (χ0n) is 17.2. The molecule has 0 atom stereocenters. The van der Waals surface area contributed by atoms with Gasteiger partial charge in [0.05, 0.1) is 22.7 Å². The number of nitriles is 1. The highest BCUT2D eigenvalue weighted by molar-refractivity contribution is 7.89. The van der Waals surface area contributed by atoms with Gasteiger partial charge in [-0.2, -0.15) is 9.57 Å². The molecule has 3 aromatic rings. The van der Waals surface area contributed by atoms with E-state index in [2.05, 4.69) is 11.4 Å². The molecule has 32 heavy (non-hydrogen) atoms. The minimum atomic E-state index is -3.92. The summed E-state index contributed by atoms with van der Waals surface area (Å²) in [5.74, 6) is 0.553. The first-order valence-electron chi connectivity index (χ1n) is 10.4. The lowest BCUT2D eigenvalue weighted by Crippen LogP contribution is -2.49. The Balaban J connectivity index is 1.42. The van der Waals surface area contributed by atoms with Crippen LogP contribution in [-0.4, -0.2) is 54.9 Å². The van der Waals surface area contributed by atoms with Crippen LogP contribution in [0.1, 0.15) is 18.4 Å². The Kier molecular flexibility index (Phi) is 5.15. The Hall–Kier alpha value is -3.29. The number of hydrogen-bond donors (Lipinski definition) is 1. The molecule has 1 saturated heterocycles. The number of anilines is 2. The largest absolute Gasteiger partial charge is 0.364 e. The topological polar surface area (TPSA) is 102 Å². The van der Waals surface area contributed by atoms with E-state index in [0.717, 1.165) is 18.9 Å². The summed E-state index contributed by atoms with van der Waals surface area (Å²) in [6.07, 6.45) is 2.14. The van der Waals surface area contributed by atoms with Gasteiger partial charge in [-0.1, -0.05) is 12.1 Å². The van der Waals surface area contributed by atoms with Crippen LogP contribution in [0.5, 0.6) is 0 Å². The second-order valence-corrected chi connectivity index (χ2v) is 9.86. The van der Waals surface area contributed by atoms with Crippen LogP contribution < -0.4 is 10.2 Å². The van der Waals surface area contributed by atoms with E-state index in [9.17, 15) is 18.1 Å². The molecule has 1 aliphatic heterocycles. The van der Waals surface area contributed by atoms with Crippen LogP contribution in [0.2, 0.25) is 0 Å². The summed E-state index contributed by atoms with van der Waals surface area (Å²) in [4.78, 5) is 11.2. The smallest absolute Gasteiger partial charge is 0.246 e. The average molecular weight is 453 g/mol. The van der Waals surface area contributed by atoms with E-state index in [0.29, 0.717) is 47.4 Å². The summed E-state index contributed by atoms with van der Waals surface area (Å²) < 4.78 is 41.2. The lowest BCUT2D eigenvalue weighted by Gasteiger charge is -2.35. The van der Waals surface area contributed by atoms with E-state index in [4.69, 9.17) is 9.97 Å². The highest BCUT2D eigenvalue weighted by Gasteiger charge is 2.32. The van der Waals surface area contributed by atoms with Gasteiger partial charge in [-0.05, 0) is 43.2 Å². The quantitative estimate of drug-likeness (QED) is 0.635. The number of nitrogens with zero attached hydrogens (tertiary/aromatic N) is 5. The number of rotatable bonds is 5. The van der Waals surface area contributed by atoms with Crippen LogP contribution in [0, 0.1) is 17.1 Å². The number of sulfonamides is 1. The third kappa shape index (κ3) is 3.85. The zero-order chi connectivity index (χ0) is 22.3. The molecule has 2 heterocycles. The van der Waals surface area contributed by atoms with Gasteiger partial charge >= 0.3 is 0 Å². The Morgan fingerprint density at radius 3 is 2.47 bits per heavy atom. The molecule has 2 aromatic carbocycles. The predicted octanol–water partition coefficient (Wildman–Crippen LogP) is 2.73. The molecule has 2 aliphatic rings. The molecule has 2 fully saturated rings. The fourth-order valence-corrected chi connectivity index (χ4v) is 5.27. The van der Waals surface area contributed by atoms with Crippen molar-refractivity contribution in [3.8, 4) is 6.07 Å². The van der Waals surface area contributed by atoms with Crippen molar-refractivity contribution in [2.75, 3.05) is 36.4 Å². The summed E-state index contributed by atoms with van der Waals surface area (Å²) in [7, 11) is -3.92. The molecule has 8 nitrogen and oxygen atoms in total. The molecule has 0 spiro atoms. The molecule has 1 saturated carbocycles. The van der Waals surface area contributed by atoms with Crippen molar-refractivity contribution in [3.05, 3.63) is 53.8 Å². The molecule has 5 rings (SSSR count). The fourth-order valence-electron chi connectivity index (χ4n) is 3.79. The van der Waals surface area contributed by atoms with Gasteiger partial charge in [0.2, 0.25) is 10.0 Å². The molecule has 0 bridgehead atoms. The van der Waals surface area contributed by atoms with Crippen molar-refractivity contribution >= 4 is 32.7 Å². The van der Waals surface area contributed by atoms with Gasteiger partial charge < -0.3 is 10.2 Å². The number of aromatic nitrogens is 2. The molecule has 164 valence electrons. The van der Waals surface area contributed by atoms with Crippen molar-refractivity contribution in [3.63, 3.8) is 0 Å². The standard InChI is InChI=1S/C22H21FN6O2S/c23-17-3-1-2-4-20(17)32(30,31)29-11-9-28(10-12-29)22-21(25-16-6-7-16)26-18-8-5-15(14-24)13-19(18)27-22/h1-5,8,13,16H,6-7,9-12H2,(H,25,26). The number of benzene rings is 2. The Morgan fingerprint density at radius 1 is 1.03 bits per heavy atom. The number of piperazine rings is 1. The van der Waals surface area contributed by atoms with Crippen LogP contribution in [0.3, 0.4) is 0 Å². The van der Waals surface area contributed by atoms with Crippen molar-refractivity contribution in [1.29, 1.82) is 5.26 Å². The summed E-state index contributed by atoms with van der Waals surface area (Å²) in [5.41, 5.74) is 1.81. The van der Waals surface area contributed by atoms with Gasteiger partial charge in [0, 0.05) is 32.2 Å². The first kappa shape index (κ1) is 20.6. The van der Waals surface area contributed by atoms with E-state index >= 15 is 0 Å². The maximum Gasteiger partial charge on any atom is 0.246 e. The first-order chi connectivity index (χ1) is 15.5. The molecule has 1 N–H and O–H groups in total. The third-order valence-electron chi connectivity index (χ3n) is 5.69. The number of halogens is 1. The van der Waals surface area contributed by atoms with E-state index in [-0.39, 0.29) is 18.0 Å². The highest BCUT2D eigenvalue weighted by Crippen LogP contribution is 2.32. The summed E-state index contributed by atoms with van der Waals surface area (Å²) in [6.45, 7) is 1.20. The van der Waals surface area contributed by atoms with Crippen LogP contribution in [0.15, 0.2) is 47.4 Å². The second-order valence-electron chi connectivity index (χ2n) is 7.95. The SMILES string of the molecule is N#Cc1ccc2nc(NC3CC3)c(N3CCN(S(=O)(=O)c4ccccc4F)CC3)nc2c1. The van der Waals surface area contributed by atoms with E-state index in [1.807, 2.05) is 4.90 Å². The van der Waals surface area contributed by atoms with Gasteiger partial charge in [-0.15, -0.1) is 0 Å². The monoisotopic (exact) mass is 452 g/mol. The van der Waals surface area contributed by atoms with Crippen molar-refractivity contribution < 1.29 is 12.8 Å². The summed E-state index contributed by atoms with van der Waals surface area (Å²) in [6, 6.07) is 13.1. The number of hydrogen-bond acceptors (Lipinski definition) is 7. The lowest BCUT2D eigenvalue weighted by atomic mass is 10.2. The summed E-state index contributed by atoms with van der Waals surface area (Å²) >= 11 is 0. The Morgan fingerprint density at radius 2 is 1.78 bits per heavy atom. The van der Waals surface area contributed by atoms with Gasteiger partial charge in [-0.25, -0.2) is 22.8 Å². The number of fused-ring (bicyclic) bond motifs is 1. The molecular formula is C22H21FN6O2S. The molecule has 0 radical (unpaired) electrons. The molecule has 1 aliphatic carbocycles. The number of nitrogens with one attached hydrogen (secondary N) is 1. The van der Waals surface area contributed by atoms with E-state index < -0.39 is 15.8 Å². The molecule has 0 amide bonds. The minimum Gasteiger partial charge on any atom is -0.364 e. The first-order valence-corrected chi connectivity index (χ1v) is 11.9. The third-order valence-corrected chi connectivity index (χ3v) is 7.62. The second kappa shape index (κ2) is 8.00. The van der Waals surface area contributed by atoms with Crippen molar-refractivity contribution in [1.82, 2.24) is 14.3 Å². The molecule has 1 aromatic heterocycles. The Bertz CT molecular complexity index is 1330. The normalized spacial score (nSPS) is 17.3. The van der Waals surface area contributed by atoms with Gasteiger partial charge in [0.15, 0.2) is 11.6 Å². The zero-order valence-corrected chi connectivity index (χ0v) is 18.0. The van der Waals surface area contributed by atoms with Gasteiger partial charge in [-0.3, -0.25) is 0 Å². The fraction of sp³-hybridized carbons (Fsp3) is 0.318. The van der Waals surface area contributed by atoms with Crippen molar-refractivity contribution in [2.45, 2.75) is 23.8 Å². The minimum absolute atomic E-state index is 0.206. The van der Waals surface area contributed by atoms with Crippen LogP contribution >= 0.6 is 0 Å². The van der Waals surface area contributed by atoms with Crippen LogP contribution in [-0.2, 0) is 10.0 Å². The summed E-state index contributed by atoms with van der Waals surface area (Å²) in [5, 5.41) is 12.6. The molecule has 0 unspecified atom stereocenters. The lowest BCUT2D eigenvalue weighted by molar-refractivity contribution is 0.381. The van der Waals surface area contributed by atoms with Crippen molar-refractivity contribution in [2.24, 2.45) is 0 Å². The maximum atomic E-state index is 14.1. The maximum absolute atomic E-state index is 14.1. The highest BCUT2D eigenvalue weighted by atomic mass is 32.2. The Labute approximate surface area is 185 Å². The van der Waals surface area contributed by atoms with Gasteiger partial charge in [0.1, 0.15) is 10.7 Å². The van der Waals surface area contributed by atoms with Crippen LogP contribution in [0.4, 0.5) is 16.0 Å². The predicted molar refractivity (Wildman–Crippen MR) is 118 cm³/mol. The van der Waals surface area contributed by atoms with Crippen LogP contribution in [0.25, 0.3) is 11.0 Å². The average Bonchev–Trinajstić information content (AvgIpc) is 3.62. The molecular weight excluding hydrogens is 431 g/mol. The molecule has 10 heteroatoms. The van der Waals surface area contributed by atoms with Gasteiger partial charge in [0.25, 0.3) is 0 Å². The van der Waals surface area contributed by atoms with E-state index in [1.165, 1.54) is 22.5 Å². The van der Waals surface area contributed by atoms with E-state index in [1.54, 1.807) is 18.2 Å².